The second-order valence-corrected chi connectivity index (χ2v) is 13.5. The molecule has 1 amide bonds. The molecule has 5 aromatic rings. The van der Waals surface area contributed by atoms with E-state index in [0.717, 1.165) is 5.52 Å². The highest BCUT2D eigenvalue weighted by Crippen LogP contribution is 2.42. The Morgan fingerprint density at radius 1 is 1.12 bits per heavy atom. The lowest BCUT2D eigenvalue weighted by molar-refractivity contribution is -0.139. The zero-order valence-corrected chi connectivity index (χ0v) is 27.3. The van der Waals surface area contributed by atoms with Crippen LogP contribution in [-0.2, 0) is 20.2 Å². The van der Waals surface area contributed by atoms with Crippen molar-refractivity contribution in [2.45, 2.75) is 56.7 Å². The van der Waals surface area contributed by atoms with E-state index >= 15 is 8.78 Å². The number of nitrogens with zero attached hydrogens (tertiary/aromatic N) is 6. The monoisotopic (exact) mass is 694 g/mol. The number of ether oxygens (including phenoxy) is 2. The molecular formula is C34H33ClF2N6O6. The van der Waals surface area contributed by atoms with Crippen LogP contribution in [0.1, 0.15) is 44.5 Å². The number of imidazole rings is 1. The molecule has 2 saturated heterocycles. The Hall–Kier alpha value is -4.56. The van der Waals surface area contributed by atoms with Gasteiger partial charge in [0.25, 0.3) is 6.01 Å². The third-order valence-corrected chi connectivity index (χ3v) is 10.0. The second-order valence-electron chi connectivity index (χ2n) is 13.1. The van der Waals surface area contributed by atoms with Gasteiger partial charge in [0.05, 0.1) is 17.6 Å². The van der Waals surface area contributed by atoms with Gasteiger partial charge in [-0.1, -0.05) is 30.7 Å². The number of hydrogen-bond acceptors (Lipinski definition) is 9. The summed E-state index contributed by atoms with van der Waals surface area (Å²) < 4.78 is 52.0. The molecule has 0 saturated carbocycles. The molecule has 4 aliphatic rings. The fraction of sp³-hybridized carbons (Fsp3) is 0.441. The van der Waals surface area contributed by atoms with Gasteiger partial charge >= 0.3 is 11.9 Å². The number of furan rings is 1. The van der Waals surface area contributed by atoms with Gasteiger partial charge in [0, 0.05) is 55.1 Å². The third kappa shape index (κ3) is 5.60. The average Bonchev–Trinajstić information content (AvgIpc) is 3.76. The number of piperidine rings is 1. The molecule has 0 aliphatic carbocycles. The van der Waals surface area contributed by atoms with E-state index in [2.05, 4.69) is 16.9 Å². The fourth-order valence-corrected chi connectivity index (χ4v) is 7.55. The number of aliphatic carboxylic acids is 1. The van der Waals surface area contributed by atoms with Crippen LogP contribution in [0.4, 0.5) is 14.6 Å². The van der Waals surface area contributed by atoms with Gasteiger partial charge in [0.2, 0.25) is 11.7 Å². The van der Waals surface area contributed by atoms with Crippen molar-refractivity contribution < 1.29 is 37.4 Å². The van der Waals surface area contributed by atoms with Gasteiger partial charge in [-0.15, -0.1) is 0 Å². The molecular weight excluding hydrogens is 662 g/mol. The summed E-state index contributed by atoms with van der Waals surface area (Å²) in [6.45, 7) is 2.74. The van der Waals surface area contributed by atoms with E-state index in [1.54, 1.807) is 23.1 Å². The smallest absolute Gasteiger partial charge is 0.326 e. The van der Waals surface area contributed by atoms with Crippen molar-refractivity contribution in [1.82, 2.24) is 24.4 Å². The normalized spacial score (nSPS) is 24.8. The first-order valence-corrected chi connectivity index (χ1v) is 16.7. The molecule has 9 rings (SSSR count). The van der Waals surface area contributed by atoms with Gasteiger partial charge < -0.3 is 28.8 Å². The summed E-state index contributed by atoms with van der Waals surface area (Å²) in [6, 6.07) is 11.5. The predicted molar refractivity (Wildman–Crippen MR) is 175 cm³/mol. The van der Waals surface area contributed by atoms with Crippen LogP contribution >= 0.6 is 11.6 Å². The van der Waals surface area contributed by atoms with Gasteiger partial charge in [-0.25, -0.2) is 14.8 Å². The highest BCUT2D eigenvalue weighted by molar-refractivity contribution is 6.31. The number of rotatable bonds is 1. The van der Waals surface area contributed by atoms with E-state index in [1.807, 2.05) is 28.8 Å². The molecule has 3 aromatic heterocycles. The van der Waals surface area contributed by atoms with Crippen molar-refractivity contribution >= 4 is 62.4 Å². The van der Waals surface area contributed by atoms with Crippen LogP contribution in [0.3, 0.4) is 0 Å². The summed E-state index contributed by atoms with van der Waals surface area (Å²) in [4.78, 5) is 42.4. The molecule has 0 spiro atoms. The lowest BCUT2D eigenvalue weighted by atomic mass is 9.93. The second kappa shape index (κ2) is 12.1. The summed E-state index contributed by atoms with van der Waals surface area (Å²) in [5, 5.41) is 11.2. The van der Waals surface area contributed by atoms with Crippen LogP contribution < -0.4 is 9.64 Å². The zero-order valence-electron chi connectivity index (χ0n) is 26.5. The average molecular weight is 695 g/mol. The molecule has 2 fully saturated rings. The first-order chi connectivity index (χ1) is 23.6. The van der Waals surface area contributed by atoms with E-state index in [4.69, 9.17) is 30.5 Å². The first-order valence-electron chi connectivity index (χ1n) is 16.3. The molecule has 4 aliphatic heterocycles. The van der Waals surface area contributed by atoms with Crippen LogP contribution in [0.2, 0.25) is 5.02 Å². The van der Waals surface area contributed by atoms with Crippen LogP contribution in [0.15, 0.2) is 46.9 Å². The molecule has 2 aromatic carbocycles. The molecule has 15 heteroatoms. The lowest BCUT2D eigenvalue weighted by Gasteiger charge is -2.38. The number of carbonyl (C=O) groups is 2. The number of para-hydroxylation sites is 2. The Bertz CT molecular complexity index is 2100. The van der Waals surface area contributed by atoms with Crippen LogP contribution in [0.5, 0.6) is 6.01 Å². The van der Waals surface area contributed by atoms with Gasteiger partial charge in [0.1, 0.15) is 29.9 Å². The minimum absolute atomic E-state index is 0.00539. The predicted octanol–water partition coefficient (Wildman–Crippen LogP) is 5.80. The van der Waals surface area contributed by atoms with Crippen molar-refractivity contribution in [2.75, 3.05) is 37.7 Å². The molecule has 1 N–H and O–H groups in total. The number of carbonyl (C=O) groups excluding carboxylic acids is 1. The number of alkyl halides is 2. The molecule has 7 heterocycles. The van der Waals surface area contributed by atoms with Gasteiger partial charge in [0.15, 0.2) is 11.4 Å². The number of benzene rings is 2. The molecule has 4 atom stereocenters. The van der Waals surface area contributed by atoms with E-state index in [-0.39, 0.29) is 67.4 Å². The standard InChI is InChI=1S/C34H33ClF2N6O6/c1-18-15-41-11-9-23(18)43-24-6-3-2-5-22(24)38-33(43)48-20-14-25(31(45)46)42(16-20)30-29-28(21-8-7-19(35)13-26(21)49-29)39-32(40-30)34(36,37)10-4-12-47-17-27(41)44/h2-3,5-8,13,18,20,23,25H,4,9-12,14-17H2,1H3,(H,45,46)/t18-,20-,23-,25-/m0/s1. The molecule has 256 valence electrons. The van der Waals surface area contributed by atoms with E-state index < -0.39 is 36.3 Å². The molecule has 12 nitrogen and oxygen atoms in total. The maximum Gasteiger partial charge on any atom is 0.326 e. The zero-order chi connectivity index (χ0) is 34.0. The molecule has 49 heavy (non-hydrogen) atoms. The maximum absolute atomic E-state index is 15.9. The van der Waals surface area contributed by atoms with Crippen molar-refractivity contribution in [3.05, 3.63) is 53.3 Å². The molecule has 0 radical (unpaired) electrons. The van der Waals surface area contributed by atoms with Crippen molar-refractivity contribution in [3.63, 3.8) is 0 Å². The highest BCUT2D eigenvalue weighted by atomic mass is 35.5. The Morgan fingerprint density at radius 2 is 1.96 bits per heavy atom. The fourth-order valence-electron chi connectivity index (χ4n) is 7.39. The number of hydrogen-bond donors (Lipinski definition) is 1. The molecule has 0 unspecified atom stereocenters. The topological polar surface area (TPSA) is 136 Å². The third-order valence-electron chi connectivity index (χ3n) is 9.79. The van der Waals surface area contributed by atoms with Crippen molar-refractivity contribution in [1.29, 1.82) is 0 Å². The Morgan fingerprint density at radius 3 is 2.78 bits per heavy atom. The number of aromatic nitrogens is 4. The van der Waals surface area contributed by atoms with Crippen LogP contribution in [0.25, 0.3) is 33.1 Å². The minimum Gasteiger partial charge on any atom is -0.480 e. The number of amides is 1. The van der Waals surface area contributed by atoms with E-state index in [0.29, 0.717) is 47.0 Å². The number of carboxylic acids is 1. The van der Waals surface area contributed by atoms with Gasteiger partial charge in [-0.2, -0.15) is 13.8 Å². The van der Waals surface area contributed by atoms with E-state index in [9.17, 15) is 14.7 Å². The minimum atomic E-state index is -3.51. The van der Waals surface area contributed by atoms with E-state index in [1.165, 1.54) is 4.90 Å². The first kappa shape index (κ1) is 31.7. The number of fused-ring (bicyclic) bond motifs is 12. The lowest BCUT2D eigenvalue weighted by Crippen LogP contribution is -2.45. The summed E-state index contributed by atoms with van der Waals surface area (Å²) >= 11 is 6.22. The summed E-state index contributed by atoms with van der Waals surface area (Å²) in [6.07, 6.45) is -0.751. The summed E-state index contributed by atoms with van der Waals surface area (Å²) in [5.41, 5.74) is 2.05. The SMILES string of the molecule is C[C@H]1CN2CC[C@@H]1n1c(nc3ccccc31)O[C@H]1C[C@@H](C(=O)O)N(C1)c1nc(nc3c1oc1cc(Cl)ccc13)C(F)(F)CCCOCC2=O. The number of halogens is 3. The van der Waals surface area contributed by atoms with Crippen LogP contribution in [-0.4, -0.2) is 86.4 Å². The van der Waals surface area contributed by atoms with Gasteiger partial charge in [-0.05, 0) is 43.0 Å². The van der Waals surface area contributed by atoms with Gasteiger partial charge in [-0.3, -0.25) is 9.36 Å². The Kier molecular flexibility index (Phi) is 7.82. The Labute approximate surface area is 283 Å². The largest absolute Gasteiger partial charge is 0.480 e. The summed E-state index contributed by atoms with van der Waals surface area (Å²) in [7, 11) is 0. The maximum atomic E-state index is 15.9. The summed E-state index contributed by atoms with van der Waals surface area (Å²) in [5.74, 6) is -5.70. The number of carboxylic acid groups (broad SMARTS) is 1. The molecule has 6 bridgehead atoms. The van der Waals surface area contributed by atoms with Crippen LogP contribution in [0, 0.1) is 5.92 Å². The number of anilines is 1. The quantitative estimate of drug-likeness (QED) is 0.229. The van der Waals surface area contributed by atoms with Crippen molar-refractivity contribution in [3.8, 4) is 6.01 Å². The Balaban J connectivity index is 1.26. The van der Waals surface area contributed by atoms with Crippen molar-refractivity contribution in [2.24, 2.45) is 5.92 Å². The highest BCUT2D eigenvalue weighted by Gasteiger charge is 2.44.